The Morgan fingerprint density at radius 3 is 2.70 bits per heavy atom. The van der Waals surface area contributed by atoms with Crippen LogP contribution >= 0.6 is 0 Å². The molecule has 1 aliphatic rings. The molecule has 3 nitrogen and oxygen atoms in total. The standard InChI is InChI=1S/C17H20N2O/c1-12-3-4-13-11-14(5-6-15(13)19-12)16(20)17(2)7-9-18-10-8-17/h3-6,11,18H,7-10H2,1-2H3. The van der Waals surface area contributed by atoms with E-state index < -0.39 is 0 Å². The first-order valence-electron chi connectivity index (χ1n) is 7.21. The lowest BCUT2D eigenvalue weighted by Gasteiger charge is -2.32. The molecule has 3 rings (SSSR count). The minimum atomic E-state index is -0.225. The number of ketones is 1. The number of hydrogen-bond donors (Lipinski definition) is 1. The molecule has 0 radical (unpaired) electrons. The van der Waals surface area contributed by atoms with Gasteiger partial charge in [0.25, 0.3) is 0 Å². The number of fused-ring (bicyclic) bond motifs is 1. The minimum absolute atomic E-state index is 0.225. The van der Waals surface area contributed by atoms with Gasteiger partial charge < -0.3 is 5.32 Å². The van der Waals surface area contributed by atoms with Crippen molar-refractivity contribution in [3.63, 3.8) is 0 Å². The van der Waals surface area contributed by atoms with E-state index in [4.69, 9.17) is 0 Å². The van der Waals surface area contributed by atoms with Gasteiger partial charge >= 0.3 is 0 Å². The number of aromatic nitrogens is 1. The van der Waals surface area contributed by atoms with Gasteiger partial charge in [0.2, 0.25) is 0 Å². The van der Waals surface area contributed by atoms with Gasteiger partial charge in [-0.05, 0) is 57.1 Å². The highest BCUT2D eigenvalue weighted by Crippen LogP contribution is 2.32. The fourth-order valence-corrected chi connectivity index (χ4v) is 2.92. The average Bonchev–Trinajstić information content (AvgIpc) is 2.46. The number of benzene rings is 1. The maximum Gasteiger partial charge on any atom is 0.168 e. The van der Waals surface area contributed by atoms with Crippen molar-refractivity contribution in [1.82, 2.24) is 10.3 Å². The molecule has 1 fully saturated rings. The number of nitrogens with one attached hydrogen (secondary N) is 1. The van der Waals surface area contributed by atoms with Crippen molar-refractivity contribution in [2.45, 2.75) is 26.7 Å². The van der Waals surface area contributed by atoms with E-state index >= 15 is 0 Å². The predicted molar refractivity (Wildman–Crippen MR) is 81.0 cm³/mol. The van der Waals surface area contributed by atoms with Crippen LogP contribution in [0.3, 0.4) is 0 Å². The number of aryl methyl sites for hydroxylation is 1. The van der Waals surface area contributed by atoms with Crippen LogP contribution in [0.2, 0.25) is 0 Å². The lowest BCUT2D eigenvalue weighted by Crippen LogP contribution is -2.40. The van der Waals surface area contributed by atoms with Gasteiger partial charge in [0.15, 0.2) is 5.78 Å². The third-order valence-electron chi connectivity index (χ3n) is 4.35. The normalized spacial score (nSPS) is 18.1. The summed E-state index contributed by atoms with van der Waals surface area (Å²) in [5.41, 5.74) is 2.54. The van der Waals surface area contributed by atoms with Crippen molar-refractivity contribution in [1.29, 1.82) is 0 Å². The molecule has 3 heteroatoms. The van der Waals surface area contributed by atoms with Crippen LogP contribution in [0.25, 0.3) is 10.9 Å². The Bertz CT molecular complexity index is 657. The molecule has 0 unspecified atom stereocenters. The zero-order valence-electron chi connectivity index (χ0n) is 12.1. The molecular formula is C17H20N2O. The van der Waals surface area contributed by atoms with Gasteiger partial charge in [-0.2, -0.15) is 0 Å². The Hall–Kier alpha value is -1.74. The van der Waals surface area contributed by atoms with Gasteiger partial charge in [-0.15, -0.1) is 0 Å². The largest absolute Gasteiger partial charge is 0.317 e. The van der Waals surface area contributed by atoms with E-state index in [-0.39, 0.29) is 11.2 Å². The second-order valence-corrected chi connectivity index (χ2v) is 6.00. The number of piperidine rings is 1. The van der Waals surface area contributed by atoms with E-state index in [1.54, 1.807) is 0 Å². The second kappa shape index (κ2) is 4.98. The van der Waals surface area contributed by atoms with Crippen LogP contribution in [-0.2, 0) is 0 Å². The summed E-state index contributed by atoms with van der Waals surface area (Å²) in [4.78, 5) is 17.3. The summed E-state index contributed by atoms with van der Waals surface area (Å²) in [5.74, 6) is 0.265. The fraction of sp³-hybridized carbons (Fsp3) is 0.412. The number of rotatable bonds is 2. The Kier molecular flexibility index (Phi) is 3.30. The number of carbonyl (C=O) groups excluding carboxylic acids is 1. The Labute approximate surface area is 119 Å². The number of carbonyl (C=O) groups is 1. The van der Waals surface area contributed by atoms with Crippen molar-refractivity contribution < 1.29 is 4.79 Å². The monoisotopic (exact) mass is 268 g/mol. The summed E-state index contributed by atoms with van der Waals surface area (Å²) >= 11 is 0. The molecule has 2 heterocycles. The van der Waals surface area contributed by atoms with Crippen molar-refractivity contribution in [3.05, 3.63) is 41.6 Å². The summed E-state index contributed by atoms with van der Waals surface area (Å²) in [6, 6.07) is 9.89. The van der Waals surface area contributed by atoms with Crippen molar-refractivity contribution in [2.24, 2.45) is 5.41 Å². The van der Waals surface area contributed by atoms with Gasteiger partial charge in [0.05, 0.1) is 5.52 Å². The number of hydrogen-bond acceptors (Lipinski definition) is 3. The molecule has 0 aliphatic carbocycles. The smallest absolute Gasteiger partial charge is 0.168 e. The lowest BCUT2D eigenvalue weighted by molar-refractivity contribution is 0.0762. The molecule has 0 bridgehead atoms. The Morgan fingerprint density at radius 2 is 1.95 bits per heavy atom. The summed E-state index contributed by atoms with van der Waals surface area (Å²) in [5, 5.41) is 4.36. The highest BCUT2D eigenvalue weighted by Gasteiger charge is 2.34. The van der Waals surface area contributed by atoms with E-state index in [0.29, 0.717) is 0 Å². The molecule has 0 spiro atoms. The highest BCUT2D eigenvalue weighted by atomic mass is 16.1. The third kappa shape index (κ3) is 2.34. The van der Waals surface area contributed by atoms with E-state index in [9.17, 15) is 4.79 Å². The molecule has 1 aliphatic heterocycles. The predicted octanol–water partition coefficient (Wildman–Crippen LogP) is 3.12. The van der Waals surface area contributed by atoms with Crippen LogP contribution in [0.1, 0.15) is 35.8 Å². The lowest BCUT2D eigenvalue weighted by atomic mass is 9.75. The number of Topliss-reactive ketones (excluding diaryl/α,β-unsaturated/α-hetero) is 1. The van der Waals surface area contributed by atoms with E-state index in [0.717, 1.165) is 48.1 Å². The summed E-state index contributed by atoms with van der Waals surface area (Å²) in [6.45, 7) is 5.93. The minimum Gasteiger partial charge on any atom is -0.317 e. The topological polar surface area (TPSA) is 42.0 Å². The molecule has 1 N–H and O–H groups in total. The van der Waals surface area contributed by atoms with E-state index in [1.807, 2.05) is 37.3 Å². The molecule has 0 atom stereocenters. The summed E-state index contributed by atoms with van der Waals surface area (Å²) < 4.78 is 0. The van der Waals surface area contributed by atoms with E-state index in [1.165, 1.54) is 0 Å². The van der Waals surface area contributed by atoms with Crippen LogP contribution in [0, 0.1) is 12.3 Å². The van der Waals surface area contributed by atoms with Gasteiger partial charge in [0, 0.05) is 22.1 Å². The molecule has 0 amide bonds. The first kappa shape index (κ1) is 13.3. The first-order chi connectivity index (χ1) is 9.58. The quantitative estimate of drug-likeness (QED) is 0.851. The summed E-state index contributed by atoms with van der Waals surface area (Å²) in [7, 11) is 0. The van der Waals surface area contributed by atoms with E-state index in [2.05, 4.69) is 17.2 Å². The van der Waals surface area contributed by atoms with Crippen LogP contribution in [0.4, 0.5) is 0 Å². The summed E-state index contributed by atoms with van der Waals surface area (Å²) in [6.07, 6.45) is 1.83. The molecule has 0 saturated carbocycles. The third-order valence-corrected chi connectivity index (χ3v) is 4.35. The van der Waals surface area contributed by atoms with Crippen LogP contribution in [0.5, 0.6) is 0 Å². The molecule has 104 valence electrons. The zero-order valence-corrected chi connectivity index (χ0v) is 12.1. The van der Waals surface area contributed by atoms with Crippen molar-refractivity contribution in [2.75, 3.05) is 13.1 Å². The van der Waals surface area contributed by atoms with Crippen molar-refractivity contribution >= 4 is 16.7 Å². The highest BCUT2D eigenvalue weighted by molar-refractivity contribution is 6.02. The maximum atomic E-state index is 12.8. The molecular weight excluding hydrogens is 248 g/mol. The molecule has 1 aromatic heterocycles. The molecule has 2 aromatic rings. The van der Waals surface area contributed by atoms with Crippen LogP contribution in [0.15, 0.2) is 30.3 Å². The van der Waals surface area contributed by atoms with Crippen LogP contribution < -0.4 is 5.32 Å². The molecule has 1 aromatic carbocycles. The van der Waals surface area contributed by atoms with Gasteiger partial charge in [0.1, 0.15) is 0 Å². The first-order valence-corrected chi connectivity index (χ1v) is 7.21. The number of nitrogens with zero attached hydrogens (tertiary/aromatic N) is 1. The average molecular weight is 268 g/mol. The van der Waals surface area contributed by atoms with Crippen molar-refractivity contribution in [3.8, 4) is 0 Å². The Balaban J connectivity index is 1.97. The van der Waals surface area contributed by atoms with Gasteiger partial charge in [-0.1, -0.05) is 13.0 Å². The molecule has 1 saturated heterocycles. The fourth-order valence-electron chi connectivity index (χ4n) is 2.92. The maximum absolute atomic E-state index is 12.8. The Morgan fingerprint density at radius 1 is 1.20 bits per heavy atom. The van der Waals surface area contributed by atoms with Gasteiger partial charge in [-0.25, -0.2) is 0 Å². The zero-order chi connectivity index (χ0) is 14.2. The van der Waals surface area contributed by atoms with Gasteiger partial charge in [-0.3, -0.25) is 9.78 Å². The number of pyridine rings is 1. The molecule has 20 heavy (non-hydrogen) atoms. The SMILES string of the molecule is Cc1ccc2cc(C(=O)C3(C)CCNCC3)ccc2n1. The second-order valence-electron chi connectivity index (χ2n) is 6.00. The van der Waals surface area contributed by atoms with Crippen LogP contribution in [-0.4, -0.2) is 23.9 Å².